The van der Waals surface area contributed by atoms with Gasteiger partial charge in [-0.15, -0.1) is 0 Å². The monoisotopic (exact) mass is 243 g/mol. The number of ether oxygens (including phenoxy) is 1. The van der Waals surface area contributed by atoms with Crippen molar-refractivity contribution in [3.05, 3.63) is 53.6 Å². The summed E-state index contributed by atoms with van der Waals surface area (Å²) in [6, 6.07) is 7.93. The van der Waals surface area contributed by atoms with Gasteiger partial charge in [0, 0.05) is 36.5 Å². The zero-order chi connectivity index (χ0) is 12.8. The average molecular weight is 243 g/mol. The van der Waals surface area contributed by atoms with Crippen molar-refractivity contribution in [1.82, 2.24) is 15.3 Å². The summed E-state index contributed by atoms with van der Waals surface area (Å²) in [6.07, 6.45) is 4.40. The van der Waals surface area contributed by atoms with Gasteiger partial charge in [0.2, 0.25) is 0 Å². The molecule has 0 atom stereocenters. The van der Waals surface area contributed by atoms with E-state index in [1.165, 1.54) is 0 Å². The van der Waals surface area contributed by atoms with Crippen molar-refractivity contribution in [2.75, 3.05) is 14.2 Å². The Morgan fingerprint density at radius 2 is 1.89 bits per heavy atom. The summed E-state index contributed by atoms with van der Waals surface area (Å²) in [6.45, 7) is 0.787. The lowest BCUT2D eigenvalue weighted by Crippen LogP contribution is -2.07. The van der Waals surface area contributed by atoms with Gasteiger partial charge in [-0.3, -0.25) is 0 Å². The van der Waals surface area contributed by atoms with Crippen molar-refractivity contribution >= 4 is 0 Å². The van der Waals surface area contributed by atoms with E-state index >= 15 is 0 Å². The first-order valence-corrected chi connectivity index (χ1v) is 5.89. The summed E-state index contributed by atoms with van der Waals surface area (Å²) in [5, 5.41) is 3.07. The predicted octanol–water partition coefficient (Wildman–Crippen LogP) is 1.80. The quantitative estimate of drug-likeness (QED) is 0.869. The van der Waals surface area contributed by atoms with Crippen molar-refractivity contribution in [1.29, 1.82) is 0 Å². The summed E-state index contributed by atoms with van der Waals surface area (Å²) in [4.78, 5) is 8.72. The first-order valence-electron chi connectivity index (χ1n) is 5.89. The number of methoxy groups -OCH3 is 1. The molecule has 18 heavy (non-hydrogen) atoms. The van der Waals surface area contributed by atoms with Crippen LogP contribution in [0.25, 0.3) is 0 Å². The molecular weight excluding hydrogens is 226 g/mol. The molecule has 2 rings (SSSR count). The van der Waals surface area contributed by atoms with Gasteiger partial charge in [0.15, 0.2) is 0 Å². The number of nitrogens with one attached hydrogen (secondary N) is 1. The number of nitrogens with zero attached hydrogens (tertiary/aromatic N) is 2. The van der Waals surface area contributed by atoms with Gasteiger partial charge in [0.1, 0.15) is 11.6 Å². The van der Waals surface area contributed by atoms with Gasteiger partial charge < -0.3 is 10.1 Å². The Bertz CT molecular complexity index is 497. The topological polar surface area (TPSA) is 47.0 Å². The fraction of sp³-hybridized carbons (Fsp3) is 0.286. The maximum atomic E-state index is 5.31. The lowest BCUT2D eigenvalue weighted by atomic mass is 10.1. The fourth-order valence-corrected chi connectivity index (χ4v) is 1.79. The Kier molecular flexibility index (Phi) is 4.25. The van der Waals surface area contributed by atoms with Crippen LogP contribution in [0.3, 0.4) is 0 Å². The third-order valence-corrected chi connectivity index (χ3v) is 2.68. The van der Waals surface area contributed by atoms with E-state index in [9.17, 15) is 0 Å². The second-order valence-corrected chi connectivity index (χ2v) is 4.03. The zero-order valence-corrected chi connectivity index (χ0v) is 10.7. The number of para-hydroxylation sites is 1. The Morgan fingerprint density at radius 3 is 2.56 bits per heavy atom. The molecule has 0 fully saturated rings. The van der Waals surface area contributed by atoms with Crippen LogP contribution in [-0.4, -0.2) is 24.1 Å². The number of benzene rings is 1. The van der Waals surface area contributed by atoms with Crippen LogP contribution < -0.4 is 10.1 Å². The van der Waals surface area contributed by atoms with Gasteiger partial charge in [0.25, 0.3) is 0 Å². The highest BCUT2D eigenvalue weighted by Gasteiger charge is 2.05. The van der Waals surface area contributed by atoms with Crippen molar-refractivity contribution in [3.63, 3.8) is 0 Å². The summed E-state index contributed by atoms with van der Waals surface area (Å²) in [5.41, 5.74) is 2.18. The third-order valence-electron chi connectivity index (χ3n) is 2.68. The molecule has 94 valence electrons. The van der Waals surface area contributed by atoms with E-state index in [1.54, 1.807) is 7.11 Å². The molecule has 1 heterocycles. The molecule has 0 aliphatic carbocycles. The van der Waals surface area contributed by atoms with Gasteiger partial charge in [-0.05, 0) is 13.1 Å². The molecule has 0 spiro atoms. The average Bonchev–Trinajstić information content (AvgIpc) is 2.42. The highest BCUT2D eigenvalue weighted by Crippen LogP contribution is 2.19. The molecule has 0 unspecified atom stereocenters. The van der Waals surface area contributed by atoms with E-state index in [1.807, 2.05) is 43.7 Å². The van der Waals surface area contributed by atoms with Gasteiger partial charge in [-0.1, -0.05) is 18.2 Å². The summed E-state index contributed by atoms with van der Waals surface area (Å²) in [5.74, 6) is 1.68. The Hall–Kier alpha value is -1.94. The predicted molar refractivity (Wildman–Crippen MR) is 70.6 cm³/mol. The molecule has 2 aromatic rings. The molecule has 0 saturated heterocycles. The molecule has 0 radical (unpaired) electrons. The standard InChI is InChI=1S/C14H17N3O/c1-15-8-11-9-16-14(17-10-11)7-12-5-3-4-6-13(12)18-2/h3-6,9-10,15H,7-8H2,1-2H3. The molecule has 1 aromatic heterocycles. The van der Waals surface area contributed by atoms with Crippen molar-refractivity contribution in [3.8, 4) is 5.75 Å². The number of aromatic nitrogens is 2. The highest BCUT2D eigenvalue weighted by molar-refractivity contribution is 5.35. The Labute approximate surface area is 107 Å². The van der Waals surface area contributed by atoms with Crippen molar-refractivity contribution in [2.45, 2.75) is 13.0 Å². The first-order chi connectivity index (χ1) is 8.83. The maximum Gasteiger partial charge on any atom is 0.132 e. The molecule has 0 aliphatic heterocycles. The van der Waals surface area contributed by atoms with E-state index in [4.69, 9.17) is 4.74 Å². The van der Waals surface area contributed by atoms with Crippen LogP contribution in [0.4, 0.5) is 0 Å². The van der Waals surface area contributed by atoms with Gasteiger partial charge >= 0.3 is 0 Å². The number of rotatable bonds is 5. The maximum absolute atomic E-state index is 5.31. The zero-order valence-electron chi connectivity index (χ0n) is 10.7. The second-order valence-electron chi connectivity index (χ2n) is 4.03. The van der Waals surface area contributed by atoms with Crippen LogP contribution in [0, 0.1) is 0 Å². The van der Waals surface area contributed by atoms with Gasteiger partial charge in [0.05, 0.1) is 7.11 Å². The van der Waals surface area contributed by atoms with E-state index in [2.05, 4.69) is 15.3 Å². The number of hydrogen-bond acceptors (Lipinski definition) is 4. The van der Waals surface area contributed by atoms with Crippen molar-refractivity contribution in [2.24, 2.45) is 0 Å². The van der Waals surface area contributed by atoms with Crippen LogP contribution in [0.5, 0.6) is 5.75 Å². The molecule has 1 N–H and O–H groups in total. The van der Waals surface area contributed by atoms with Crippen molar-refractivity contribution < 1.29 is 4.74 Å². The lowest BCUT2D eigenvalue weighted by Gasteiger charge is -2.07. The minimum atomic E-state index is 0.684. The molecule has 4 heteroatoms. The van der Waals surface area contributed by atoms with E-state index in [0.717, 1.165) is 29.2 Å². The first kappa shape index (κ1) is 12.5. The lowest BCUT2D eigenvalue weighted by molar-refractivity contribution is 0.410. The smallest absolute Gasteiger partial charge is 0.132 e. The molecule has 0 aliphatic rings. The van der Waals surface area contributed by atoms with E-state index in [-0.39, 0.29) is 0 Å². The molecule has 4 nitrogen and oxygen atoms in total. The third kappa shape index (κ3) is 3.05. The Balaban J connectivity index is 2.13. The van der Waals surface area contributed by atoms with Crippen LogP contribution >= 0.6 is 0 Å². The highest BCUT2D eigenvalue weighted by atomic mass is 16.5. The Morgan fingerprint density at radius 1 is 1.17 bits per heavy atom. The minimum Gasteiger partial charge on any atom is -0.496 e. The van der Waals surface area contributed by atoms with Crippen LogP contribution in [0.15, 0.2) is 36.7 Å². The van der Waals surface area contributed by atoms with E-state index in [0.29, 0.717) is 6.42 Å². The SMILES string of the molecule is CNCc1cnc(Cc2ccccc2OC)nc1. The number of hydrogen-bond donors (Lipinski definition) is 1. The normalized spacial score (nSPS) is 10.3. The largest absolute Gasteiger partial charge is 0.496 e. The molecular formula is C14H17N3O. The van der Waals surface area contributed by atoms with Gasteiger partial charge in [-0.2, -0.15) is 0 Å². The summed E-state index contributed by atoms with van der Waals surface area (Å²) < 4.78 is 5.31. The molecule has 0 amide bonds. The van der Waals surface area contributed by atoms with E-state index < -0.39 is 0 Å². The molecule has 1 aromatic carbocycles. The minimum absolute atomic E-state index is 0.684. The fourth-order valence-electron chi connectivity index (χ4n) is 1.79. The van der Waals surface area contributed by atoms with Crippen LogP contribution in [-0.2, 0) is 13.0 Å². The second kappa shape index (κ2) is 6.12. The van der Waals surface area contributed by atoms with Gasteiger partial charge in [-0.25, -0.2) is 9.97 Å². The van der Waals surface area contributed by atoms with Crippen LogP contribution in [0.1, 0.15) is 17.0 Å². The summed E-state index contributed by atoms with van der Waals surface area (Å²) >= 11 is 0. The molecule has 0 bridgehead atoms. The molecule has 0 saturated carbocycles. The summed E-state index contributed by atoms with van der Waals surface area (Å²) in [7, 11) is 3.58. The van der Waals surface area contributed by atoms with Crippen LogP contribution in [0.2, 0.25) is 0 Å².